The Bertz CT molecular complexity index is 361. The number of aromatic nitrogens is 2. The molecular formula is C13H22N4. The summed E-state index contributed by atoms with van der Waals surface area (Å²) in [7, 11) is 0. The third-order valence-electron chi connectivity index (χ3n) is 4.11. The number of hydrogen-bond acceptors (Lipinski definition) is 3. The second-order valence-corrected chi connectivity index (χ2v) is 5.45. The van der Waals surface area contributed by atoms with Gasteiger partial charge in [0.1, 0.15) is 0 Å². The standard InChI is InChI=1S/C13H22N4/c1-2-3-17-10-15-6-13(17)9-16-7-11-4-14-5-12(11)8-16/h6,10-12,14H,2-5,7-9H2,1H3. The summed E-state index contributed by atoms with van der Waals surface area (Å²) in [4.78, 5) is 6.88. The molecular weight excluding hydrogens is 212 g/mol. The molecule has 0 amide bonds. The zero-order valence-electron chi connectivity index (χ0n) is 10.6. The fourth-order valence-electron chi connectivity index (χ4n) is 3.23. The maximum absolute atomic E-state index is 4.28. The van der Waals surface area contributed by atoms with Gasteiger partial charge in [0.2, 0.25) is 0 Å². The van der Waals surface area contributed by atoms with E-state index in [4.69, 9.17) is 0 Å². The van der Waals surface area contributed by atoms with Gasteiger partial charge in [-0.25, -0.2) is 4.98 Å². The van der Waals surface area contributed by atoms with Crippen LogP contribution in [-0.2, 0) is 13.1 Å². The van der Waals surface area contributed by atoms with Crippen molar-refractivity contribution in [3.05, 3.63) is 18.2 Å². The SMILES string of the molecule is CCCn1cncc1CN1CC2CNCC2C1. The van der Waals surface area contributed by atoms with Gasteiger partial charge in [-0.3, -0.25) is 4.90 Å². The molecule has 0 radical (unpaired) electrons. The van der Waals surface area contributed by atoms with Crippen LogP contribution in [0.2, 0.25) is 0 Å². The van der Waals surface area contributed by atoms with Crippen molar-refractivity contribution >= 4 is 0 Å². The van der Waals surface area contributed by atoms with E-state index in [-0.39, 0.29) is 0 Å². The fraction of sp³-hybridized carbons (Fsp3) is 0.769. The lowest BCUT2D eigenvalue weighted by molar-refractivity contribution is 0.297. The number of hydrogen-bond donors (Lipinski definition) is 1. The van der Waals surface area contributed by atoms with Gasteiger partial charge in [-0.05, 0) is 31.3 Å². The van der Waals surface area contributed by atoms with Crippen LogP contribution in [0.4, 0.5) is 0 Å². The zero-order valence-corrected chi connectivity index (χ0v) is 10.6. The number of rotatable bonds is 4. The van der Waals surface area contributed by atoms with Crippen LogP contribution in [0.3, 0.4) is 0 Å². The second kappa shape index (κ2) is 4.78. The molecule has 94 valence electrons. The molecule has 0 aromatic carbocycles. The highest BCUT2D eigenvalue weighted by Gasteiger charge is 2.35. The van der Waals surface area contributed by atoms with Crippen LogP contribution in [-0.4, -0.2) is 40.6 Å². The summed E-state index contributed by atoms with van der Waals surface area (Å²) >= 11 is 0. The van der Waals surface area contributed by atoms with Crippen molar-refractivity contribution in [3.63, 3.8) is 0 Å². The van der Waals surface area contributed by atoms with Gasteiger partial charge in [-0.1, -0.05) is 6.92 Å². The first-order chi connectivity index (χ1) is 8.36. The van der Waals surface area contributed by atoms with Crippen molar-refractivity contribution in [2.75, 3.05) is 26.2 Å². The first-order valence-electron chi connectivity index (χ1n) is 6.79. The van der Waals surface area contributed by atoms with E-state index in [1.807, 2.05) is 12.5 Å². The van der Waals surface area contributed by atoms with Crippen molar-refractivity contribution < 1.29 is 0 Å². The molecule has 0 saturated carbocycles. The summed E-state index contributed by atoms with van der Waals surface area (Å²) in [6.07, 6.45) is 5.18. The van der Waals surface area contributed by atoms with E-state index in [0.717, 1.165) is 24.9 Å². The van der Waals surface area contributed by atoms with Gasteiger partial charge in [0.15, 0.2) is 0 Å². The van der Waals surface area contributed by atoms with Crippen LogP contribution in [0, 0.1) is 11.8 Å². The molecule has 2 saturated heterocycles. The number of likely N-dealkylation sites (tertiary alicyclic amines) is 1. The van der Waals surface area contributed by atoms with Crippen LogP contribution in [0.5, 0.6) is 0 Å². The molecule has 0 aliphatic carbocycles. The van der Waals surface area contributed by atoms with E-state index in [9.17, 15) is 0 Å². The minimum absolute atomic E-state index is 0.887. The van der Waals surface area contributed by atoms with Gasteiger partial charge in [0.25, 0.3) is 0 Å². The first kappa shape index (κ1) is 11.2. The number of imidazole rings is 1. The highest BCUT2D eigenvalue weighted by Crippen LogP contribution is 2.27. The number of fused-ring (bicyclic) bond motifs is 1. The summed E-state index contributed by atoms with van der Waals surface area (Å²) in [5.41, 5.74) is 1.37. The molecule has 17 heavy (non-hydrogen) atoms. The predicted octanol–water partition coefficient (Wildman–Crippen LogP) is 0.944. The quantitative estimate of drug-likeness (QED) is 0.842. The Morgan fingerprint density at radius 1 is 1.35 bits per heavy atom. The summed E-state index contributed by atoms with van der Waals surface area (Å²) in [6, 6.07) is 0. The smallest absolute Gasteiger partial charge is 0.0948 e. The lowest BCUT2D eigenvalue weighted by atomic mass is 10.0. The Hall–Kier alpha value is -0.870. The van der Waals surface area contributed by atoms with Crippen molar-refractivity contribution in [1.82, 2.24) is 19.8 Å². The van der Waals surface area contributed by atoms with E-state index >= 15 is 0 Å². The van der Waals surface area contributed by atoms with Gasteiger partial charge in [-0.2, -0.15) is 0 Å². The average Bonchev–Trinajstić information content (AvgIpc) is 2.95. The van der Waals surface area contributed by atoms with Crippen LogP contribution >= 0.6 is 0 Å². The summed E-state index contributed by atoms with van der Waals surface area (Å²) in [6.45, 7) is 9.34. The summed E-state index contributed by atoms with van der Waals surface area (Å²) < 4.78 is 2.30. The Balaban J connectivity index is 1.61. The Kier molecular flexibility index (Phi) is 3.16. The summed E-state index contributed by atoms with van der Waals surface area (Å²) in [5, 5.41) is 3.49. The third kappa shape index (κ3) is 2.24. The largest absolute Gasteiger partial charge is 0.333 e. The lowest BCUT2D eigenvalue weighted by Gasteiger charge is -2.17. The zero-order chi connectivity index (χ0) is 11.7. The maximum Gasteiger partial charge on any atom is 0.0948 e. The molecule has 2 unspecified atom stereocenters. The van der Waals surface area contributed by atoms with Gasteiger partial charge in [0, 0.05) is 32.4 Å². The molecule has 0 spiro atoms. The average molecular weight is 234 g/mol. The normalized spacial score (nSPS) is 28.8. The number of aryl methyl sites for hydroxylation is 1. The van der Waals surface area contributed by atoms with Gasteiger partial charge < -0.3 is 9.88 Å². The maximum atomic E-state index is 4.28. The predicted molar refractivity (Wildman–Crippen MR) is 67.6 cm³/mol. The molecule has 2 aliphatic rings. The van der Waals surface area contributed by atoms with Crippen molar-refractivity contribution in [3.8, 4) is 0 Å². The van der Waals surface area contributed by atoms with Crippen LogP contribution < -0.4 is 5.32 Å². The topological polar surface area (TPSA) is 33.1 Å². The molecule has 2 atom stereocenters. The lowest BCUT2D eigenvalue weighted by Crippen LogP contribution is -2.26. The molecule has 1 aromatic heterocycles. The fourth-order valence-corrected chi connectivity index (χ4v) is 3.23. The highest BCUT2D eigenvalue weighted by atomic mass is 15.2. The Labute approximate surface area is 103 Å². The van der Waals surface area contributed by atoms with E-state index in [1.54, 1.807) is 0 Å². The van der Waals surface area contributed by atoms with Crippen LogP contribution in [0.1, 0.15) is 19.0 Å². The van der Waals surface area contributed by atoms with E-state index < -0.39 is 0 Å². The van der Waals surface area contributed by atoms with Crippen molar-refractivity contribution in [2.45, 2.75) is 26.4 Å². The molecule has 2 aliphatic heterocycles. The highest BCUT2D eigenvalue weighted by molar-refractivity contribution is 5.01. The second-order valence-electron chi connectivity index (χ2n) is 5.45. The molecule has 1 aromatic rings. The Morgan fingerprint density at radius 2 is 2.12 bits per heavy atom. The first-order valence-corrected chi connectivity index (χ1v) is 6.79. The Morgan fingerprint density at radius 3 is 2.82 bits per heavy atom. The van der Waals surface area contributed by atoms with E-state index in [2.05, 4.69) is 26.7 Å². The minimum atomic E-state index is 0.887. The van der Waals surface area contributed by atoms with Gasteiger partial charge >= 0.3 is 0 Å². The molecule has 1 N–H and O–H groups in total. The van der Waals surface area contributed by atoms with Crippen molar-refractivity contribution in [1.29, 1.82) is 0 Å². The van der Waals surface area contributed by atoms with E-state index in [0.29, 0.717) is 0 Å². The van der Waals surface area contributed by atoms with Gasteiger partial charge in [0.05, 0.1) is 12.0 Å². The monoisotopic (exact) mass is 234 g/mol. The van der Waals surface area contributed by atoms with Crippen LogP contribution in [0.25, 0.3) is 0 Å². The van der Waals surface area contributed by atoms with Crippen molar-refractivity contribution in [2.24, 2.45) is 11.8 Å². The van der Waals surface area contributed by atoms with Crippen LogP contribution in [0.15, 0.2) is 12.5 Å². The minimum Gasteiger partial charge on any atom is -0.333 e. The third-order valence-corrected chi connectivity index (χ3v) is 4.11. The molecule has 0 bridgehead atoms. The molecule has 4 heteroatoms. The summed E-state index contributed by atoms with van der Waals surface area (Å²) in [5.74, 6) is 1.77. The molecule has 4 nitrogen and oxygen atoms in total. The number of nitrogens with zero attached hydrogens (tertiary/aromatic N) is 3. The molecule has 3 heterocycles. The van der Waals surface area contributed by atoms with Gasteiger partial charge in [-0.15, -0.1) is 0 Å². The molecule has 2 fully saturated rings. The molecule has 3 rings (SSSR count). The number of nitrogens with one attached hydrogen (secondary N) is 1. The van der Waals surface area contributed by atoms with E-state index in [1.165, 1.54) is 38.3 Å².